The SMILES string of the molecule is CCOc1ccnc(-n2[c-]c(Sc3[c-]n(-c4cc(-c5ccccc5)ccn4)cc3)cc2)c1.[Pt+2]. The Hall–Kier alpha value is -3.08. The molecule has 0 aliphatic carbocycles. The summed E-state index contributed by atoms with van der Waals surface area (Å²) in [5, 5.41) is 0. The van der Waals surface area contributed by atoms with Gasteiger partial charge < -0.3 is 13.9 Å². The molecular weight excluding hydrogens is 611 g/mol. The summed E-state index contributed by atoms with van der Waals surface area (Å²) in [6.45, 7) is 2.59. The minimum absolute atomic E-state index is 0. The first-order valence-electron chi connectivity index (χ1n) is 10.3. The van der Waals surface area contributed by atoms with Crippen LogP contribution in [0.15, 0.2) is 101 Å². The van der Waals surface area contributed by atoms with E-state index in [1.807, 2.05) is 83.2 Å². The minimum atomic E-state index is 0. The van der Waals surface area contributed by atoms with Crippen LogP contribution in [0.4, 0.5) is 0 Å². The maximum atomic E-state index is 5.57. The molecule has 4 heterocycles. The second-order valence-corrected chi connectivity index (χ2v) is 8.06. The molecule has 0 saturated carbocycles. The molecule has 5 nitrogen and oxygen atoms in total. The zero-order valence-electron chi connectivity index (χ0n) is 17.8. The summed E-state index contributed by atoms with van der Waals surface area (Å²) in [5.41, 5.74) is 2.29. The van der Waals surface area contributed by atoms with Gasteiger partial charge in [0.2, 0.25) is 0 Å². The Labute approximate surface area is 211 Å². The standard InChI is InChI=1S/C26H20N4OS.Pt/c1-2-31-22-9-13-28-26(17-22)30-15-11-24(19-30)32-23-10-14-29(18-23)25-16-21(8-12-27-25)20-6-4-3-5-7-20;/h3-17H,2H2,1H3;/q-2;+2. The molecular formula is C26H20N4OPtS. The number of pyridine rings is 2. The van der Waals surface area contributed by atoms with Crippen molar-refractivity contribution in [1.29, 1.82) is 0 Å². The fraction of sp³-hybridized carbons (Fsp3) is 0.0769. The van der Waals surface area contributed by atoms with E-state index in [1.54, 1.807) is 18.0 Å². The topological polar surface area (TPSA) is 44.9 Å². The van der Waals surface area contributed by atoms with Crippen LogP contribution in [-0.4, -0.2) is 25.7 Å². The van der Waals surface area contributed by atoms with Gasteiger partial charge in [0.05, 0.1) is 18.2 Å². The molecule has 0 aliphatic rings. The Morgan fingerprint density at radius 2 is 1.42 bits per heavy atom. The zero-order chi connectivity index (χ0) is 21.8. The van der Waals surface area contributed by atoms with Gasteiger partial charge in [-0.25, -0.2) is 0 Å². The molecule has 0 atom stereocenters. The normalized spacial score (nSPS) is 10.6. The molecule has 0 aliphatic heterocycles. The van der Waals surface area contributed by atoms with Crippen LogP contribution in [0.5, 0.6) is 5.75 Å². The van der Waals surface area contributed by atoms with Gasteiger partial charge >= 0.3 is 21.1 Å². The Kier molecular flexibility index (Phi) is 7.48. The molecule has 0 saturated heterocycles. The molecule has 4 aromatic heterocycles. The molecule has 0 unspecified atom stereocenters. The van der Waals surface area contributed by atoms with Crippen molar-refractivity contribution in [2.75, 3.05) is 6.61 Å². The maximum Gasteiger partial charge on any atom is 2.00 e. The van der Waals surface area contributed by atoms with Crippen LogP contribution in [0, 0.1) is 12.4 Å². The van der Waals surface area contributed by atoms with Gasteiger partial charge in [-0.05, 0) is 36.2 Å². The van der Waals surface area contributed by atoms with Gasteiger partial charge in [0.25, 0.3) is 0 Å². The van der Waals surface area contributed by atoms with Crippen LogP contribution >= 0.6 is 11.8 Å². The van der Waals surface area contributed by atoms with E-state index in [-0.39, 0.29) is 21.1 Å². The monoisotopic (exact) mass is 631 g/mol. The van der Waals surface area contributed by atoms with E-state index in [0.717, 1.165) is 38.3 Å². The molecule has 0 N–H and O–H groups in total. The van der Waals surface area contributed by atoms with Crippen LogP contribution in [-0.2, 0) is 21.1 Å². The number of hydrogen-bond acceptors (Lipinski definition) is 4. The van der Waals surface area contributed by atoms with Crippen molar-refractivity contribution in [2.45, 2.75) is 16.7 Å². The Morgan fingerprint density at radius 1 is 0.788 bits per heavy atom. The molecule has 33 heavy (non-hydrogen) atoms. The summed E-state index contributed by atoms with van der Waals surface area (Å²) in [6, 6.07) is 22.2. The number of aromatic nitrogens is 4. The third kappa shape index (κ3) is 5.47. The molecule has 5 rings (SSSR count). The van der Waals surface area contributed by atoms with Crippen molar-refractivity contribution in [2.24, 2.45) is 0 Å². The second kappa shape index (κ2) is 10.7. The number of hydrogen-bond donors (Lipinski definition) is 0. The number of ether oxygens (including phenoxy) is 1. The molecule has 1 aromatic carbocycles. The van der Waals surface area contributed by atoms with E-state index in [9.17, 15) is 0 Å². The fourth-order valence-electron chi connectivity index (χ4n) is 3.32. The van der Waals surface area contributed by atoms with Crippen molar-refractivity contribution in [3.63, 3.8) is 0 Å². The first-order valence-corrected chi connectivity index (χ1v) is 11.1. The summed E-state index contributed by atoms with van der Waals surface area (Å²) in [7, 11) is 0. The average Bonchev–Trinajstić information content (AvgIpc) is 3.51. The predicted octanol–water partition coefficient (Wildman–Crippen LogP) is 5.87. The first kappa shape index (κ1) is 23.1. The number of benzene rings is 1. The summed E-state index contributed by atoms with van der Waals surface area (Å²) in [6.07, 6.45) is 14.2. The van der Waals surface area contributed by atoms with Gasteiger partial charge in [0.15, 0.2) is 0 Å². The van der Waals surface area contributed by atoms with Gasteiger partial charge in [0.1, 0.15) is 5.75 Å². The summed E-state index contributed by atoms with van der Waals surface area (Å²) >= 11 is 1.59. The van der Waals surface area contributed by atoms with E-state index in [1.165, 1.54) is 0 Å². The van der Waals surface area contributed by atoms with Crippen LogP contribution in [0.2, 0.25) is 0 Å². The van der Waals surface area contributed by atoms with Crippen molar-refractivity contribution in [3.05, 3.63) is 104 Å². The zero-order valence-corrected chi connectivity index (χ0v) is 20.9. The fourth-order valence-corrected chi connectivity index (χ4v) is 4.10. The van der Waals surface area contributed by atoms with E-state index in [2.05, 4.69) is 40.6 Å². The van der Waals surface area contributed by atoms with Crippen molar-refractivity contribution in [1.82, 2.24) is 19.1 Å². The summed E-state index contributed by atoms with van der Waals surface area (Å²) in [4.78, 5) is 10.9. The van der Waals surface area contributed by atoms with Crippen molar-refractivity contribution < 1.29 is 25.8 Å². The number of rotatable bonds is 7. The van der Waals surface area contributed by atoms with Crippen LogP contribution in [0.1, 0.15) is 6.92 Å². The van der Waals surface area contributed by atoms with Crippen LogP contribution < -0.4 is 4.74 Å². The van der Waals surface area contributed by atoms with E-state index < -0.39 is 0 Å². The molecule has 0 amide bonds. The molecule has 0 spiro atoms. The molecule has 5 aromatic rings. The molecule has 0 bridgehead atoms. The maximum absolute atomic E-state index is 5.57. The predicted molar refractivity (Wildman–Crippen MR) is 126 cm³/mol. The van der Waals surface area contributed by atoms with E-state index >= 15 is 0 Å². The number of nitrogens with zero attached hydrogens (tertiary/aromatic N) is 4. The summed E-state index contributed by atoms with van der Waals surface area (Å²) < 4.78 is 9.35. The summed E-state index contributed by atoms with van der Waals surface area (Å²) in [5.74, 6) is 2.40. The van der Waals surface area contributed by atoms with Gasteiger partial charge in [0, 0.05) is 12.4 Å². The third-order valence-corrected chi connectivity index (χ3v) is 5.70. The van der Waals surface area contributed by atoms with Gasteiger partial charge in [-0.3, -0.25) is 9.97 Å². The Balaban J connectivity index is 0.00000259. The minimum Gasteiger partial charge on any atom is -0.495 e. The van der Waals surface area contributed by atoms with Gasteiger partial charge in [-0.1, -0.05) is 58.6 Å². The third-order valence-electron chi connectivity index (χ3n) is 4.81. The van der Waals surface area contributed by atoms with Crippen molar-refractivity contribution >= 4 is 11.8 Å². The average molecular weight is 632 g/mol. The molecule has 166 valence electrons. The largest absolute Gasteiger partial charge is 2.00 e. The van der Waals surface area contributed by atoms with Gasteiger partial charge in [-0.2, -0.15) is 0 Å². The smallest absolute Gasteiger partial charge is 0.495 e. The Bertz CT molecular complexity index is 1330. The molecule has 7 heteroatoms. The first-order chi connectivity index (χ1) is 15.8. The van der Waals surface area contributed by atoms with Crippen LogP contribution in [0.25, 0.3) is 22.8 Å². The Morgan fingerprint density at radius 3 is 2.09 bits per heavy atom. The van der Waals surface area contributed by atoms with Crippen molar-refractivity contribution in [3.8, 4) is 28.5 Å². The molecule has 0 radical (unpaired) electrons. The van der Waals surface area contributed by atoms with Crippen LogP contribution in [0.3, 0.4) is 0 Å². The molecule has 0 fully saturated rings. The van der Waals surface area contributed by atoms with E-state index in [4.69, 9.17) is 4.74 Å². The van der Waals surface area contributed by atoms with Gasteiger partial charge in [-0.15, -0.1) is 36.3 Å². The second-order valence-electron chi connectivity index (χ2n) is 6.98. The quantitative estimate of drug-likeness (QED) is 0.211. The van der Waals surface area contributed by atoms with E-state index in [0.29, 0.717) is 6.61 Å².